The molecule has 0 saturated carbocycles. The Morgan fingerprint density at radius 2 is 2.03 bits per heavy atom. The summed E-state index contributed by atoms with van der Waals surface area (Å²) in [5.41, 5.74) is 0. The van der Waals surface area contributed by atoms with E-state index in [4.69, 9.17) is 9.41 Å². The van der Waals surface area contributed by atoms with Crippen LogP contribution < -0.4 is 10.6 Å². The predicted octanol–water partition coefficient (Wildman–Crippen LogP) is 3.33. The molecule has 2 aliphatic rings. The predicted molar refractivity (Wildman–Crippen MR) is 131 cm³/mol. The van der Waals surface area contributed by atoms with Gasteiger partial charge in [-0.2, -0.15) is 0 Å². The van der Waals surface area contributed by atoms with Gasteiger partial charge in [-0.25, -0.2) is 0 Å². The van der Waals surface area contributed by atoms with Crippen LogP contribution in [0.1, 0.15) is 52.2 Å². The molecule has 2 N–H and O–H groups in total. The van der Waals surface area contributed by atoms with Crippen molar-refractivity contribution in [2.45, 2.75) is 71.0 Å². The van der Waals surface area contributed by atoms with Gasteiger partial charge in [-0.15, -0.1) is 24.0 Å². The van der Waals surface area contributed by atoms with E-state index in [0.29, 0.717) is 18.1 Å². The first-order valence-electron chi connectivity index (χ1n) is 11.2. The summed E-state index contributed by atoms with van der Waals surface area (Å²) in [7, 11) is 0. The number of hydrogen-bond acceptors (Lipinski definition) is 4. The number of rotatable bonds is 8. The van der Waals surface area contributed by atoms with Crippen molar-refractivity contribution >= 4 is 29.9 Å². The fraction of sp³-hybridized carbons (Fsp3) is 0.773. The molecule has 2 fully saturated rings. The molecule has 1 unspecified atom stereocenters. The van der Waals surface area contributed by atoms with Crippen molar-refractivity contribution in [3.8, 4) is 0 Å². The second-order valence-corrected chi connectivity index (χ2v) is 8.42. The maximum absolute atomic E-state index is 5.46. The topological polar surface area (TPSA) is 56.0 Å². The van der Waals surface area contributed by atoms with Crippen LogP contribution in [0.4, 0.5) is 0 Å². The lowest BCUT2D eigenvalue weighted by Crippen LogP contribution is -2.50. The number of likely N-dealkylation sites (N-methyl/N-ethyl adjacent to an activating group) is 1. The number of likely N-dealkylation sites (tertiary alicyclic amines) is 2. The lowest BCUT2D eigenvalue weighted by molar-refractivity contribution is 0.167. The fourth-order valence-corrected chi connectivity index (χ4v) is 4.38. The normalized spacial score (nSPS) is 22.1. The van der Waals surface area contributed by atoms with E-state index in [1.165, 1.54) is 45.3 Å². The van der Waals surface area contributed by atoms with Crippen LogP contribution in [-0.2, 0) is 6.42 Å². The van der Waals surface area contributed by atoms with Gasteiger partial charge in [0, 0.05) is 44.2 Å². The maximum atomic E-state index is 5.46. The Morgan fingerprint density at radius 3 is 2.69 bits per heavy atom. The van der Waals surface area contributed by atoms with Crippen LogP contribution >= 0.6 is 24.0 Å². The molecule has 6 nitrogen and oxygen atoms in total. The molecule has 0 aliphatic carbocycles. The molecule has 1 aromatic rings. The van der Waals surface area contributed by atoms with Gasteiger partial charge in [0.1, 0.15) is 5.76 Å². The number of nitrogens with zero attached hydrogens (tertiary/aromatic N) is 3. The van der Waals surface area contributed by atoms with Gasteiger partial charge in [0.15, 0.2) is 5.96 Å². The molecule has 3 rings (SSSR count). The summed E-state index contributed by atoms with van der Waals surface area (Å²) in [6.07, 6.45) is 7.55. The highest BCUT2D eigenvalue weighted by atomic mass is 127. The number of aliphatic imine (C=N–C) groups is 1. The lowest BCUT2D eigenvalue weighted by Gasteiger charge is -2.35. The van der Waals surface area contributed by atoms with Crippen molar-refractivity contribution in [1.29, 1.82) is 0 Å². The van der Waals surface area contributed by atoms with Crippen LogP contribution in [0.25, 0.3) is 0 Å². The van der Waals surface area contributed by atoms with Gasteiger partial charge in [-0.3, -0.25) is 9.89 Å². The van der Waals surface area contributed by atoms with E-state index in [1.54, 1.807) is 6.26 Å². The molecule has 1 aromatic heterocycles. The molecule has 1 atom stereocenters. The van der Waals surface area contributed by atoms with Crippen LogP contribution in [-0.4, -0.2) is 73.2 Å². The quantitative estimate of drug-likeness (QED) is 0.315. The molecule has 0 bridgehead atoms. The Labute approximate surface area is 193 Å². The number of furan rings is 1. The first kappa shape index (κ1) is 24.5. The van der Waals surface area contributed by atoms with Crippen molar-refractivity contribution in [2.24, 2.45) is 4.99 Å². The monoisotopic (exact) mass is 517 g/mol. The molecule has 29 heavy (non-hydrogen) atoms. The molecule has 7 heteroatoms. The van der Waals surface area contributed by atoms with Gasteiger partial charge < -0.3 is 20.0 Å². The van der Waals surface area contributed by atoms with Crippen molar-refractivity contribution in [3.63, 3.8) is 0 Å². The van der Waals surface area contributed by atoms with Crippen LogP contribution in [0.2, 0.25) is 0 Å². The van der Waals surface area contributed by atoms with Gasteiger partial charge >= 0.3 is 0 Å². The highest BCUT2D eigenvalue weighted by Gasteiger charge is 2.24. The van der Waals surface area contributed by atoms with Crippen molar-refractivity contribution in [2.75, 3.05) is 39.3 Å². The lowest BCUT2D eigenvalue weighted by atomic mass is 10.0. The molecule has 2 aliphatic heterocycles. The largest absolute Gasteiger partial charge is 0.469 e. The van der Waals surface area contributed by atoms with E-state index < -0.39 is 0 Å². The van der Waals surface area contributed by atoms with Crippen LogP contribution in [0, 0.1) is 0 Å². The Morgan fingerprint density at radius 1 is 1.24 bits per heavy atom. The van der Waals surface area contributed by atoms with Gasteiger partial charge in [-0.05, 0) is 64.8 Å². The summed E-state index contributed by atoms with van der Waals surface area (Å²) in [4.78, 5) is 10.1. The third kappa shape index (κ3) is 7.75. The van der Waals surface area contributed by atoms with E-state index in [1.807, 2.05) is 12.1 Å². The van der Waals surface area contributed by atoms with Crippen LogP contribution in [0.5, 0.6) is 0 Å². The summed E-state index contributed by atoms with van der Waals surface area (Å²) in [6.45, 7) is 13.2. The summed E-state index contributed by atoms with van der Waals surface area (Å²) in [5.74, 6) is 1.99. The van der Waals surface area contributed by atoms with E-state index in [-0.39, 0.29) is 24.0 Å². The van der Waals surface area contributed by atoms with E-state index >= 15 is 0 Å². The smallest absolute Gasteiger partial charge is 0.191 e. The highest BCUT2D eigenvalue weighted by Crippen LogP contribution is 2.17. The molecule has 0 aromatic carbocycles. The average Bonchev–Trinajstić information content (AvgIpc) is 3.38. The molecule has 0 spiro atoms. The van der Waals surface area contributed by atoms with Crippen molar-refractivity contribution < 1.29 is 4.42 Å². The van der Waals surface area contributed by atoms with E-state index in [2.05, 4.69) is 41.2 Å². The molecule has 3 heterocycles. The number of nitrogens with one attached hydrogen (secondary N) is 2. The van der Waals surface area contributed by atoms with Crippen LogP contribution in [0.15, 0.2) is 27.8 Å². The first-order chi connectivity index (χ1) is 13.7. The number of piperidine rings is 1. The summed E-state index contributed by atoms with van der Waals surface area (Å²) in [5, 5.41) is 7.26. The number of guanidine groups is 1. The molecule has 166 valence electrons. The Hall–Kier alpha value is -0.800. The zero-order chi connectivity index (χ0) is 19.8. The minimum atomic E-state index is 0. The third-order valence-corrected chi connectivity index (χ3v) is 6.21. The first-order valence-corrected chi connectivity index (χ1v) is 11.2. The van der Waals surface area contributed by atoms with Crippen molar-refractivity contribution in [1.82, 2.24) is 20.4 Å². The Balaban J connectivity index is 0.00000300. The third-order valence-electron chi connectivity index (χ3n) is 6.21. The van der Waals surface area contributed by atoms with Crippen molar-refractivity contribution in [3.05, 3.63) is 24.2 Å². The zero-order valence-corrected chi connectivity index (χ0v) is 20.7. The summed E-state index contributed by atoms with van der Waals surface area (Å²) < 4.78 is 5.46. The molecule has 0 amide bonds. The maximum Gasteiger partial charge on any atom is 0.191 e. The number of hydrogen-bond donors (Lipinski definition) is 2. The fourth-order valence-electron chi connectivity index (χ4n) is 4.38. The standard InChI is InChI=1S/C22H39N5O.HI/c1-4-26-13-5-7-20(26)17-24-22(23-12-9-21-8-6-16-28-21)25-19-10-14-27(15-11-19)18(2)3;/h6,8,16,18-20H,4-5,7,9-15,17H2,1-3H3,(H2,23,24,25);1H. The van der Waals surface area contributed by atoms with Gasteiger partial charge in [0.05, 0.1) is 12.8 Å². The summed E-state index contributed by atoms with van der Waals surface area (Å²) >= 11 is 0. The number of halogens is 1. The molecular weight excluding hydrogens is 477 g/mol. The van der Waals surface area contributed by atoms with Gasteiger partial charge in [0.2, 0.25) is 0 Å². The van der Waals surface area contributed by atoms with Gasteiger partial charge in [-0.1, -0.05) is 6.92 Å². The minimum Gasteiger partial charge on any atom is -0.469 e. The second kappa shape index (κ2) is 12.8. The van der Waals surface area contributed by atoms with E-state index in [9.17, 15) is 0 Å². The molecule has 0 radical (unpaired) electrons. The highest BCUT2D eigenvalue weighted by molar-refractivity contribution is 14.0. The SMILES string of the molecule is CCN1CCCC1CN=C(NCCc1ccco1)NC1CCN(C(C)C)CC1.I. The zero-order valence-electron chi connectivity index (χ0n) is 18.4. The molecule has 2 saturated heterocycles. The second-order valence-electron chi connectivity index (χ2n) is 8.42. The summed E-state index contributed by atoms with van der Waals surface area (Å²) in [6, 6.07) is 5.73. The van der Waals surface area contributed by atoms with Crippen LogP contribution in [0.3, 0.4) is 0 Å². The van der Waals surface area contributed by atoms with E-state index in [0.717, 1.165) is 37.8 Å². The Bertz CT molecular complexity index is 584. The van der Waals surface area contributed by atoms with Gasteiger partial charge in [0.25, 0.3) is 0 Å². The molecular formula is C22H40IN5O. The average molecular weight is 518 g/mol. The minimum absolute atomic E-state index is 0. The Kier molecular flexibility index (Phi) is 10.8.